The molecule has 0 radical (unpaired) electrons. The van der Waals surface area contributed by atoms with Gasteiger partial charge in [-0.25, -0.2) is 0 Å². The lowest BCUT2D eigenvalue weighted by Crippen LogP contribution is -2.41. The summed E-state index contributed by atoms with van der Waals surface area (Å²) in [6.45, 7) is 0.969. The van der Waals surface area contributed by atoms with Gasteiger partial charge in [0.2, 0.25) is 0 Å². The molecular formula is C10H14N2. The summed E-state index contributed by atoms with van der Waals surface area (Å²) in [6.07, 6.45) is 1.01. The maximum Gasteiger partial charge on any atom is 0.0397 e. The van der Waals surface area contributed by atoms with Crippen LogP contribution in [0.2, 0.25) is 0 Å². The van der Waals surface area contributed by atoms with Crippen molar-refractivity contribution in [2.45, 2.75) is 12.5 Å². The third-order valence-corrected chi connectivity index (χ3v) is 2.39. The molecule has 2 heteroatoms. The fraction of sp³-hybridized carbons (Fsp3) is 0.400. The van der Waals surface area contributed by atoms with Crippen LogP contribution in [0.1, 0.15) is 5.56 Å². The Kier molecular flexibility index (Phi) is 1.77. The Morgan fingerprint density at radius 3 is 3.00 bits per heavy atom. The number of hydrogen-bond acceptors (Lipinski definition) is 2. The van der Waals surface area contributed by atoms with Crippen molar-refractivity contribution in [3.63, 3.8) is 0 Å². The van der Waals surface area contributed by atoms with E-state index in [4.69, 9.17) is 5.73 Å². The van der Waals surface area contributed by atoms with Crippen LogP contribution in [0.15, 0.2) is 24.3 Å². The Bertz CT molecular complexity index is 283. The molecule has 1 aromatic carbocycles. The van der Waals surface area contributed by atoms with Crippen molar-refractivity contribution in [1.29, 1.82) is 0 Å². The van der Waals surface area contributed by atoms with Crippen LogP contribution < -0.4 is 10.6 Å². The Morgan fingerprint density at radius 1 is 1.42 bits per heavy atom. The molecule has 0 amide bonds. The van der Waals surface area contributed by atoms with Crippen LogP contribution in [0.4, 0.5) is 5.69 Å². The lowest BCUT2D eigenvalue weighted by molar-refractivity contribution is 0.628. The summed E-state index contributed by atoms with van der Waals surface area (Å²) in [4.78, 5) is 2.23. The van der Waals surface area contributed by atoms with E-state index in [1.165, 1.54) is 11.3 Å². The molecule has 1 heterocycles. The van der Waals surface area contributed by atoms with Crippen molar-refractivity contribution in [1.82, 2.24) is 0 Å². The molecule has 0 saturated carbocycles. The number of nitrogens with two attached hydrogens (primary N) is 1. The summed E-state index contributed by atoms with van der Waals surface area (Å²) in [7, 11) is 2.10. The molecule has 0 fully saturated rings. The number of hydrogen-bond donors (Lipinski definition) is 1. The van der Waals surface area contributed by atoms with Crippen LogP contribution in [0, 0.1) is 0 Å². The molecule has 0 unspecified atom stereocenters. The maximum absolute atomic E-state index is 5.90. The highest BCUT2D eigenvalue weighted by Crippen LogP contribution is 2.24. The molecule has 1 aliphatic heterocycles. The largest absolute Gasteiger partial charge is 0.373 e. The van der Waals surface area contributed by atoms with Gasteiger partial charge in [-0.1, -0.05) is 18.2 Å². The summed E-state index contributed by atoms with van der Waals surface area (Å²) in [5, 5.41) is 0. The number of benzene rings is 1. The van der Waals surface area contributed by atoms with Gasteiger partial charge in [-0.2, -0.15) is 0 Å². The molecule has 12 heavy (non-hydrogen) atoms. The highest BCUT2D eigenvalue weighted by Gasteiger charge is 2.17. The van der Waals surface area contributed by atoms with Crippen LogP contribution in [-0.2, 0) is 6.42 Å². The molecule has 0 saturated heterocycles. The molecule has 0 aliphatic carbocycles. The van der Waals surface area contributed by atoms with Crippen molar-refractivity contribution in [3.05, 3.63) is 29.8 Å². The summed E-state index contributed by atoms with van der Waals surface area (Å²) >= 11 is 0. The van der Waals surface area contributed by atoms with Gasteiger partial charge in [-0.15, -0.1) is 0 Å². The topological polar surface area (TPSA) is 29.3 Å². The summed E-state index contributed by atoms with van der Waals surface area (Å²) in [5.41, 5.74) is 8.60. The zero-order chi connectivity index (χ0) is 8.55. The summed E-state index contributed by atoms with van der Waals surface area (Å²) in [6, 6.07) is 8.76. The Morgan fingerprint density at radius 2 is 2.17 bits per heavy atom. The second-order valence-electron chi connectivity index (χ2n) is 3.47. The zero-order valence-corrected chi connectivity index (χ0v) is 7.33. The Balaban J connectivity index is 2.40. The van der Waals surface area contributed by atoms with E-state index in [0.29, 0.717) is 6.04 Å². The van der Waals surface area contributed by atoms with Gasteiger partial charge >= 0.3 is 0 Å². The monoisotopic (exact) mass is 162 g/mol. The van der Waals surface area contributed by atoms with Crippen LogP contribution in [0.5, 0.6) is 0 Å². The fourth-order valence-corrected chi connectivity index (χ4v) is 1.85. The summed E-state index contributed by atoms with van der Waals surface area (Å²) in [5.74, 6) is 0. The van der Waals surface area contributed by atoms with Crippen LogP contribution in [-0.4, -0.2) is 19.6 Å². The van der Waals surface area contributed by atoms with Gasteiger partial charge in [-0.05, 0) is 18.1 Å². The minimum Gasteiger partial charge on any atom is -0.373 e. The number of para-hydroxylation sites is 1. The van der Waals surface area contributed by atoms with Crippen LogP contribution >= 0.6 is 0 Å². The van der Waals surface area contributed by atoms with Crippen molar-refractivity contribution in [3.8, 4) is 0 Å². The van der Waals surface area contributed by atoms with Crippen molar-refractivity contribution >= 4 is 5.69 Å². The molecule has 2 nitrogen and oxygen atoms in total. The number of fused-ring (bicyclic) bond motifs is 1. The number of likely N-dealkylation sites (N-methyl/N-ethyl adjacent to an activating group) is 1. The smallest absolute Gasteiger partial charge is 0.0397 e. The number of rotatable bonds is 0. The minimum atomic E-state index is 0.296. The van der Waals surface area contributed by atoms with Crippen LogP contribution in [0.3, 0.4) is 0 Å². The highest BCUT2D eigenvalue weighted by atomic mass is 15.1. The van der Waals surface area contributed by atoms with E-state index in [0.717, 1.165) is 13.0 Å². The van der Waals surface area contributed by atoms with Gasteiger partial charge in [-0.3, -0.25) is 0 Å². The first-order chi connectivity index (χ1) is 5.77. The molecule has 0 aromatic heterocycles. The van der Waals surface area contributed by atoms with Crippen molar-refractivity contribution in [2.75, 3.05) is 18.5 Å². The van der Waals surface area contributed by atoms with E-state index in [9.17, 15) is 0 Å². The van der Waals surface area contributed by atoms with Gasteiger partial charge in [0.1, 0.15) is 0 Å². The lowest BCUT2D eigenvalue weighted by atomic mass is 9.99. The standard InChI is InChI=1S/C10H14N2/c1-12-7-9(11)6-8-4-2-3-5-10(8)12/h2-5,9H,6-7,11H2,1H3/t9-/m1/s1. The van der Waals surface area contributed by atoms with E-state index in [2.05, 4.69) is 36.2 Å². The molecule has 0 bridgehead atoms. The predicted molar refractivity (Wildman–Crippen MR) is 51.4 cm³/mol. The average Bonchev–Trinajstić information content (AvgIpc) is 2.04. The van der Waals surface area contributed by atoms with Gasteiger partial charge < -0.3 is 10.6 Å². The van der Waals surface area contributed by atoms with E-state index < -0.39 is 0 Å². The van der Waals surface area contributed by atoms with E-state index in [1.54, 1.807) is 0 Å². The van der Waals surface area contributed by atoms with E-state index in [-0.39, 0.29) is 0 Å². The van der Waals surface area contributed by atoms with Crippen molar-refractivity contribution in [2.24, 2.45) is 5.73 Å². The molecule has 1 atom stereocenters. The first kappa shape index (κ1) is 7.62. The molecule has 1 aromatic rings. The Hall–Kier alpha value is -1.02. The van der Waals surface area contributed by atoms with Gasteiger partial charge in [0.25, 0.3) is 0 Å². The molecular weight excluding hydrogens is 148 g/mol. The fourth-order valence-electron chi connectivity index (χ4n) is 1.85. The second kappa shape index (κ2) is 2.79. The zero-order valence-electron chi connectivity index (χ0n) is 7.33. The molecule has 0 spiro atoms. The highest BCUT2D eigenvalue weighted by molar-refractivity contribution is 5.55. The van der Waals surface area contributed by atoms with Gasteiger partial charge in [0.05, 0.1) is 0 Å². The normalized spacial score (nSPS) is 22.2. The van der Waals surface area contributed by atoms with Gasteiger partial charge in [0, 0.05) is 25.3 Å². The Labute approximate surface area is 73.0 Å². The summed E-state index contributed by atoms with van der Waals surface area (Å²) < 4.78 is 0. The average molecular weight is 162 g/mol. The third kappa shape index (κ3) is 1.18. The SMILES string of the molecule is CN1C[C@H](N)Cc2ccccc21. The van der Waals surface area contributed by atoms with Crippen LogP contribution in [0.25, 0.3) is 0 Å². The number of anilines is 1. The predicted octanol–water partition coefficient (Wildman–Crippen LogP) is 1.01. The maximum atomic E-state index is 5.90. The first-order valence-corrected chi connectivity index (χ1v) is 4.32. The quantitative estimate of drug-likeness (QED) is 0.617. The molecule has 2 rings (SSSR count). The molecule has 2 N–H and O–H groups in total. The number of nitrogens with zero attached hydrogens (tertiary/aromatic N) is 1. The van der Waals surface area contributed by atoms with Crippen molar-refractivity contribution < 1.29 is 0 Å². The third-order valence-electron chi connectivity index (χ3n) is 2.39. The van der Waals surface area contributed by atoms with E-state index in [1.807, 2.05) is 0 Å². The molecule has 64 valence electrons. The second-order valence-corrected chi connectivity index (χ2v) is 3.47. The van der Waals surface area contributed by atoms with Gasteiger partial charge in [0.15, 0.2) is 0 Å². The van der Waals surface area contributed by atoms with E-state index >= 15 is 0 Å². The molecule has 1 aliphatic rings. The lowest BCUT2D eigenvalue weighted by Gasteiger charge is -2.31. The first-order valence-electron chi connectivity index (χ1n) is 4.32. The minimum absolute atomic E-state index is 0.296.